The summed E-state index contributed by atoms with van der Waals surface area (Å²) < 4.78 is 35.0. The molecule has 0 aliphatic rings. The molecule has 1 aromatic carbocycles. The Morgan fingerprint density at radius 3 is 2.81 bits per heavy atom. The highest BCUT2D eigenvalue weighted by molar-refractivity contribution is 5.70. The molecule has 0 radical (unpaired) electrons. The normalized spacial score (nSPS) is 11.6. The lowest BCUT2D eigenvalue weighted by molar-refractivity contribution is -0.0498. The number of nitrogens with zero attached hydrogens (tertiary/aromatic N) is 2. The third-order valence-electron chi connectivity index (χ3n) is 3.44. The predicted octanol–water partition coefficient (Wildman–Crippen LogP) is 2.22. The van der Waals surface area contributed by atoms with Gasteiger partial charge in [-0.25, -0.2) is 10.8 Å². The minimum absolute atomic E-state index is 0.0365. The molecular formula is C18H22F2N4O3. The van der Waals surface area contributed by atoms with Gasteiger partial charge in [-0.2, -0.15) is 8.78 Å². The zero-order chi connectivity index (χ0) is 19.8. The number of benzene rings is 1. The molecule has 5 N–H and O–H groups in total. The molecule has 0 unspecified atom stereocenters. The first-order valence-electron chi connectivity index (χ1n) is 8.18. The smallest absolute Gasteiger partial charge is 0.387 e. The summed E-state index contributed by atoms with van der Waals surface area (Å²) in [5, 5.41) is 10.3. The Morgan fingerprint density at radius 1 is 1.37 bits per heavy atom. The van der Waals surface area contributed by atoms with Crippen molar-refractivity contribution in [2.45, 2.75) is 20.1 Å². The molecule has 0 fully saturated rings. The molecule has 0 bridgehead atoms. The molecular weight excluding hydrogens is 358 g/mol. The highest BCUT2D eigenvalue weighted by Gasteiger charge is 2.12. The van der Waals surface area contributed by atoms with E-state index in [0.29, 0.717) is 23.6 Å². The number of nitrogens with two attached hydrogens (primary N) is 2. The summed E-state index contributed by atoms with van der Waals surface area (Å²) in [6.45, 7) is -0.742. The number of aliphatic hydroxyl groups excluding tert-OH is 1. The van der Waals surface area contributed by atoms with Crippen molar-refractivity contribution < 1.29 is 23.4 Å². The van der Waals surface area contributed by atoms with Crippen LogP contribution in [0.1, 0.15) is 12.5 Å². The van der Waals surface area contributed by atoms with Gasteiger partial charge in [0.2, 0.25) is 5.88 Å². The summed E-state index contributed by atoms with van der Waals surface area (Å²) in [4.78, 5) is 4.29. The van der Waals surface area contributed by atoms with Gasteiger partial charge < -0.3 is 25.3 Å². The number of aromatic nitrogens is 1. The number of pyridine rings is 1. The van der Waals surface area contributed by atoms with Crippen LogP contribution in [-0.2, 0) is 6.54 Å². The number of ether oxygens (including phenoxy) is 2. The Labute approximate surface area is 155 Å². The molecule has 2 rings (SSSR count). The van der Waals surface area contributed by atoms with Crippen molar-refractivity contribution in [3.8, 4) is 22.8 Å². The van der Waals surface area contributed by atoms with Crippen LogP contribution in [0, 0.1) is 0 Å². The minimum atomic E-state index is -2.91. The van der Waals surface area contributed by atoms with Crippen LogP contribution in [0.4, 0.5) is 8.78 Å². The van der Waals surface area contributed by atoms with Gasteiger partial charge in [-0.05, 0) is 36.2 Å². The Kier molecular flexibility index (Phi) is 7.33. The summed E-state index contributed by atoms with van der Waals surface area (Å²) in [5.74, 6) is 6.25. The molecule has 1 heterocycles. The molecule has 2 aromatic rings. The molecule has 7 nitrogen and oxygen atoms in total. The van der Waals surface area contributed by atoms with Crippen molar-refractivity contribution in [1.29, 1.82) is 0 Å². The van der Waals surface area contributed by atoms with E-state index in [9.17, 15) is 8.78 Å². The first-order valence-corrected chi connectivity index (χ1v) is 8.18. The maximum absolute atomic E-state index is 12.5. The summed E-state index contributed by atoms with van der Waals surface area (Å²) in [6.07, 6.45) is 3.00. The lowest BCUT2D eigenvalue weighted by atomic mass is 10.0. The van der Waals surface area contributed by atoms with E-state index >= 15 is 0 Å². The van der Waals surface area contributed by atoms with Crippen LogP contribution < -0.4 is 21.1 Å². The lowest BCUT2D eigenvalue weighted by Gasteiger charge is -2.17. The second kappa shape index (κ2) is 9.70. The van der Waals surface area contributed by atoms with E-state index in [1.54, 1.807) is 24.4 Å². The maximum Gasteiger partial charge on any atom is 0.387 e. The third-order valence-corrected chi connectivity index (χ3v) is 3.44. The van der Waals surface area contributed by atoms with E-state index in [-0.39, 0.29) is 24.6 Å². The van der Waals surface area contributed by atoms with Crippen molar-refractivity contribution >= 4 is 0 Å². The fourth-order valence-electron chi connectivity index (χ4n) is 2.39. The van der Waals surface area contributed by atoms with Crippen LogP contribution in [0.15, 0.2) is 48.4 Å². The van der Waals surface area contributed by atoms with E-state index in [1.807, 2.05) is 6.92 Å². The Hall–Kier alpha value is -2.91. The number of halogens is 2. The summed E-state index contributed by atoms with van der Waals surface area (Å²) in [6, 6.07) is 8.07. The molecule has 0 aliphatic carbocycles. The standard InChI is InChI=1S/C18H22F2N4O3/c1-2-26-17-16(13-4-3-5-15(7-13)27-18(19)20)6-12(8-23-17)9-24(22)10-14(21)11-25/h3-8,10,18,25H,2,9,11,21-22H2,1H3/b14-10-. The fraction of sp³-hybridized carbons (Fsp3) is 0.278. The molecule has 0 saturated carbocycles. The van der Waals surface area contributed by atoms with Gasteiger partial charge >= 0.3 is 6.61 Å². The number of aliphatic hydroxyl groups is 1. The lowest BCUT2D eigenvalue weighted by Crippen LogP contribution is -2.26. The Balaban J connectivity index is 2.35. The predicted molar refractivity (Wildman–Crippen MR) is 96.6 cm³/mol. The monoisotopic (exact) mass is 380 g/mol. The zero-order valence-corrected chi connectivity index (χ0v) is 14.8. The van der Waals surface area contributed by atoms with Crippen molar-refractivity contribution in [3.05, 3.63) is 54.0 Å². The van der Waals surface area contributed by atoms with Crippen LogP contribution in [0.2, 0.25) is 0 Å². The van der Waals surface area contributed by atoms with Gasteiger partial charge in [-0.1, -0.05) is 12.1 Å². The van der Waals surface area contributed by atoms with E-state index in [0.717, 1.165) is 5.56 Å². The van der Waals surface area contributed by atoms with Gasteiger partial charge in [0.15, 0.2) is 0 Å². The highest BCUT2D eigenvalue weighted by Crippen LogP contribution is 2.32. The van der Waals surface area contributed by atoms with Crippen LogP contribution in [0.5, 0.6) is 11.6 Å². The molecule has 9 heteroatoms. The van der Waals surface area contributed by atoms with Gasteiger partial charge in [0, 0.05) is 18.0 Å². The topological polar surface area (TPSA) is 107 Å². The van der Waals surface area contributed by atoms with Crippen molar-refractivity contribution in [1.82, 2.24) is 9.99 Å². The molecule has 146 valence electrons. The van der Waals surface area contributed by atoms with Gasteiger partial charge in [0.25, 0.3) is 0 Å². The van der Waals surface area contributed by atoms with Gasteiger partial charge in [-0.3, -0.25) is 0 Å². The second-order valence-corrected chi connectivity index (χ2v) is 5.57. The minimum Gasteiger partial charge on any atom is -0.478 e. The highest BCUT2D eigenvalue weighted by atomic mass is 19.3. The average molecular weight is 380 g/mol. The van der Waals surface area contributed by atoms with Crippen molar-refractivity contribution in [2.75, 3.05) is 13.2 Å². The zero-order valence-electron chi connectivity index (χ0n) is 14.8. The van der Waals surface area contributed by atoms with Gasteiger partial charge in [-0.15, -0.1) is 0 Å². The number of rotatable bonds is 9. The largest absolute Gasteiger partial charge is 0.478 e. The second-order valence-electron chi connectivity index (χ2n) is 5.57. The van der Waals surface area contributed by atoms with Crippen LogP contribution in [0.3, 0.4) is 0 Å². The number of hydrogen-bond donors (Lipinski definition) is 3. The van der Waals surface area contributed by atoms with Crippen LogP contribution >= 0.6 is 0 Å². The Bertz CT molecular complexity index is 787. The molecule has 0 spiro atoms. The summed E-state index contributed by atoms with van der Waals surface area (Å²) >= 11 is 0. The number of alkyl halides is 2. The number of hydrazine groups is 1. The molecule has 1 aromatic heterocycles. The van der Waals surface area contributed by atoms with E-state index < -0.39 is 6.61 Å². The maximum atomic E-state index is 12.5. The molecule has 0 saturated heterocycles. The first kappa shape index (κ1) is 20.4. The molecule has 0 aliphatic heterocycles. The first-order chi connectivity index (χ1) is 12.9. The van der Waals surface area contributed by atoms with Gasteiger partial charge in [0.05, 0.1) is 25.5 Å². The molecule has 0 atom stereocenters. The number of hydrogen-bond acceptors (Lipinski definition) is 7. The SMILES string of the molecule is CCOc1ncc(CN(N)/C=C(\N)CO)cc1-c1cccc(OC(F)F)c1. The van der Waals surface area contributed by atoms with Crippen molar-refractivity contribution in [3.63, 3.8) is 0 Å². The van der Waals surface area contributed by atoms with Crippen LogP contribution in [0.25, 0.3) is 11.1 Å². The summed E-state index contributed by atoms with van der Waals surface area (Å²) in [5.41, 5.74) is 7.72. The van der Waals surface area contributed by atoms with Gasteiger partial charge in [0.1, 0.15) is 5.75 Å². The van der Waals surface area contributed by atoms with E-state index in [2.05, 4.69) is 9.72 Å². The molecule has 27 heavy (non-hydrogen) atoms. The van der Waals surface area contributed by atoms with E-state index in [4.69, 9.17) is 21.4 Å². The van der Waals surface area contributed by atoms with Crippen molar-refractivity contribution in [2.24, 2.45) is 11.6 Å². The summed E-state index contributed by atoms with van der Waals surface area (Å²) in [7, 11) is 0. The third kappa shape index (κ3) is 6.08. The van der Waals surface area contributed by atoms with E-state index in [1.165, 1.54) is 23.3 Å². The Morgan fingerprint density at radius 2 is 2.15 bits per heavy atom. The average Bonchev–Trinajstić information content (AvgIpc) is 2.62. The van der Waals surface area contributed by atoms with Crippen LogP contribution in [-0.4, -0.2) is 34.9 Å². The quantitative estimate of drug-likeness (QED) is 0.452. The fourth-order valence-corrected chi connectivity index (χ4v) is 2.39. The molecule has 0 amide bonds.